The van der Waals surface area contributed by atoms with Crippen LogP contribution in [0.5, 0.6) is 0 Å². The molecule has 0 amide bonds. The average Bonchev–Trinajstić information content (AvgIpc) is 2.41. The molecule has 0 aliphatic heterocycles. The van der Waals surface area contributed by atoms with Crippen LogP contribution in [0.15, 0.2) is 0 Å². The van der Waals surface area contributed by atoms with Crippen molar-refractivity contribution in [2.24, 2.45) is 0 Å². The summed E-state index contributed by atoms with van der Waals surface area (Å²) < 4.78 is 15.8. The normalized spacial score (nSPS) is 13.4. The zero-order valence-corrected chi connectivity index (χ0v) is 13.3. The van der Waals surface area contributed by atoms with Gasteiger partial charge in [0.15, 0.2) is 0 Å². The lowest BCUT2D eigenvalue weighted by Crippen LogP contribution is -2.44. The summed E-state index contributed by atoms with van der Waals surface area (Å²) in [6, 6.07) is -0.517. The van der Waals surface area contributed by atoms with E-state index in [4.69, 9.17) is 23.5 Å². The molecule has 0 radical (unpaired) electrons. The molecule has 0 saturated heterocycles. The van der Waals surface area contributed by atoms with Gasteiger partial charge in [0.25, 0.3) is 0 Å². The van der Waals surface area contributed by atoms with Crippen LogP contribution in [0.25, 0.3) is 0 Å². The molecule has 1 unspecified atom stereocenters. The highest BCUT2D eigenvalue weighted by Crippen LogP contribution is 2.16. The second kappa shape index (κ2) is 9.03. The van der Waals surface area contributed by atoms with Gasteiger partial charge >= 0.3 is 20.7 Å². The minimum atomic E-state index is -2.67. The van der Waals surface area contributed by atoms with Gasteiger partial charge in [0.1, 0.15) is 6.04 Å². The lowest BCUT2D eigenvalue weighted by Gasteiger charge is -2.27. The molecule has 1 atom stereocenters. The van der Waals surface area contributed by atoms with Gasteiger partial charge in [-0.2, -0.15) is 0 Å². The van der Waals surface area contributed by atoms with Gasteiger partial charge < -0.3 is 23.5 Å². The van der Waals surface area contributed by atoms with Crippen LogP contribution < -0.4 is 0 Å². The number of aliphatic carboxylic acids is 2. The minimum absolute atomic E-state index is 0.412. The lowest BCUT2D eigenvalue weighted by molar-refractivity contribution is -0.149. The van der Waals surface area contributed by atoms with E-state index in [1.54, 1.807) is 7.05 Å². The molecule has 118 valence electrons. The van der Waals surface area contributed by atoms with Crippen molar-refractivity contribution in [1.82, 2.24) is 4.90 Å². The van der Waals surface area contributed by atoms with E-state index in [2.05, 4.69) is 0 Å². The molecule has 0 rings (SSSR count). The molecule has 20 heavy (non-hydrogen) atoms. The molecule has 0 fully saturated rings. The SMILES string of the molecule is CO[Si](CCCN(C)C(CC(=O)O)C(=O)O)(OC)OC. The summed E-state index contributed by atoms with van der Waals surface area (Å²) in [5, 5.41) is 17.7. The van der Waals surface area contributed by atoms with Gasteiger partial charge in [0.2, 0.25) is 0 Å². The maximum Gasteiger partial charge on any atom is 0.500 e. The van der Waals surface area contributed by atoms with Crippen LogP contribution in [0.2, 0.25) is 6.04 Å². The first-order chi connectivity index (χ1) is 9.31. The predicted molar refractivity (Wildman–Crippen MR) is 72.5 cm³/mol. The van der Waals surface area contributed by atoms with Crippen LogP contribution >= 0.6 is 0 Å². The fourth-order valence-electron chi connectivity index (χ4n) is 1.85. The van der Waals surface area contributed by atoms with Gasteiger partial charge in [-0.1, -0.05) is 0 Å². The number of carbonyl (C=O) groups is 2. The third-order valence-corrected chi connectivity index (χ3v) is 5.94. The number of carboxylic acid groups (broad SMARTS) is 2. The smallest absolute Gasteiger partial charge is 0.481 e. The van der Waals surface area contributed by atoms with Crippen molar-refractivity contribution >= 4 is 20.7 Å². The molecule has 0 aliphatic rings. The van der Waals surface area contributed by atoms with Gasteiger partial charge in [0.05, 0.1) is 6.42 Å². The van der Waals surface area contributed by atoms with E-state index in [-0.39, 0.29) is 0 Å². The summed E-state index contributed by atoms with van der Waals surface area (Å²) in [6.07, 6.45) is 0.148. The largest absolute Gasteiger partial charge is 0.500 e. The van der Waals surface area contributed by atoms with Gasteiger partial charge in [-0.15, -0.1) is 0 Å². The lowest BCUT2D eigenvalue weighted by atomic mass is 10.2. The Morgan fingerprint density at radius 2 is 1.65 bits per heavy atom. The number of likely N-dealkylation sites (N-methyl/N-ethyl adjacent to an activating group) is 1. The van der Waals surface area contributed by atoms with E-state index in [0.29, 0.717) is 19.0 Å². The maximum absolute atomic E-state index is 11.0. The molecule has 2 N–H and O–H groups in total. The Morgan fingerprint density at radius 1 is 1.15 bits per heavy atom. The van der Waals surface area contributed by atoms with E-state index >= 15 is 0 Å². The summed E-state index contributed by atoms with van der Waals surface area (Å²) in [5.74, 6) is -2.29. The Kier molecular flexibility index (Phi) is 8.58. The third-order valence-electron chi connectivity index (χ3n) is 3.11. The first kappa shape index (κ1) is 19.0. The molecule has 0 aromatic carbocycles. The number of hydrogen-bond donors (Lipinski definition) is 2. The molecular weight excluding hydrogens is 286 g/mol. The summed E-state index contributed by atoms with van der Waals surface area (Å²) in [5.41, 5.74) is 0. The summed E-state index contributed by atoms with van der Waals surface area (Å²) >= 11 is 0. The summed E-state index contributed by atoms with van der Waals surface area (Å²) in [4.78, 5) is 23.2. The highest BCUT2D eigenvalue weighted by molar-refractivity contribution is 6.60. The Hall–Kier alpha value is -1.00. The van der Waals surface area contributed by atoms with E-state index in [1.807, 2.05) is 0 Å². The molecule has 9 heteroatoms. The first-order valence-electron chi connectivity index (χ1n) is 6.12. The molecule has 0 aromatic heterocycles. The second-order valence-electron chi connectivity index (χ2n) is 4.33. The van der Waals surface area contributed by atoms with E-state index in [0.717, 1.165) is 0 Å². The molecule has 0 saturated carbocycles. The van der Waals surface area contributed by atoms with Gasteiger partial charge in [-0.3, -0.25) is 14.5 Å². The minimum Gasteiger partial charge on any atom is -0.481 e. The topological polar surface area (TPSA) is 106 Å². The molecule has 0 bridgehead atoms. The second-order valence-corrected chi connectivity index (χ2v) is 7.42. The predicted octanol–water partition coefficient (Wildman–Crippen LogP) is 0.114. The van der Waals surface area contributed by atoms with Gasteiger partial charge in [-0.25, -0.2) is 0 Å². The van der Waals surface area contributed by atoms with Crippen molar-refractivity contribution in [1.29, 1.82) is 0 Å². The number of rotatable bonds is 11. The third kappa shape index (κ3) is 5.97. The monoisotopic (exact) mass is 309 g/mol. The van der Waals surface area contributed by atoms with Crippen LogP contribution in [0.3, 0.4) is 0 Å². The zero-order valence-electron chi connectivity index (χ0n) is 12.3. The molecule has 0 spiro atoms. The van der Waals surface area contributed by atoms with Crippen LogP contribution in [0.1, 0.15) is 12.8 Å². The van der Waals surface area contributed by atoms with Crippen molar-refractivity contribution in [2.75, 3.05) is 34.9 Å². The molecule has 0 aromatic rings. The van der Waals surface area contributed by atoms with Gasteiger partial charge in [0, 0.05) is 27.4 Å². The molecule has 8 nitrogen and oxygen atoms in total. The Labute approximate surface area is 119 Å². The van der Waals surface area contributed by atoms with E-state index < -0.39 is 33.2 Å². The van der Waals surface area contributed by atoms with Crippen LogP contribution in [-0.4, -0.2) is 76.8 Å². The van der Waals surface area contributed by atoms with Gasteiger partial charge in [-0.05, 0) is 20.0 Å². The Morgan fingerprint density at radius 3 is 2.00 bits per heavy atom. The average molecular weight is 309 g/mol. The maximum atomic E-state index is 11.0. The molecule has 0 heterocycles. The van der Waals surface area contributed by atoms with Crippen molar-refractivity contribution in [3.63, 3.8) is 0 Å². The quantitative estimate of drug-likeness (QED) is 0.518. The zero-order chi connectivity index (χ0) is 15.8. The number of hydrogen-bond acceptors (Lipinski definition) is 6. The standard InChI is InChI=1S/C11H23NO7Si/c1-12(9(11(15)16)8-10(13)14)6-5-7-20(17-2,18-3)19-4/h9H,5-8H2,1-4H3,(H,13,14)(H,15,16). The highest BCUT2D eigenvalue weighted by Gasteiger charge is 2.37. The number of nitrogens with zero attached hydrogens (tertiary/aromatic N) is 1. The highest BCUT2D eigenvalue weighted by atomic mass is 28.4. The van der Waals surface area contributed by atoms with Crippen molar-refractivity contribution in [2.45, 2.75) is 24.9 Å². The number of carboxylic acids is 2. The van der Waals surface area contributed by atoms with Crippen molar-refractivity contribution in [3.8, 4) is 0 Å². The first-order valence-corrected chi connectivity index (χ1v) is 8.05. The van der Waals surface area contributed by atoms with E-state index in [9.17, 15) is 9.59 Å². The van der Waals surface area contributed by atoms with Crippen LogP contribution in [0.4, 0.5) is 0 Å². The van der Waals surface area contributed by atoms with Crippen molar-refractivity contribution < 1.29 is 33.1 Å². The van der Waals surface area contributed by atoms with Crippen molar-refractivity contribution in [3.05, 3.63) is 0 Å². The fourth-order valence-corrected chi connectivity index (χ4v) is 3.56. The molecule has 0 aliphatic carbocycles. The fraction of sp³-hybridized carbons (Fsp3) is 0.818. The molecular formula is C11H23NO7Si. The summed E-state index contributed by atoms with van der Waals surface area (Å²) in [7, 11) is 3.43. The Balaban J connectivity index is 4.41. The Bertz CT molecular complexity index is 314. The van der Waals surface area contributed by atoms with Crippen LogP contribution in [-0.2, 0) is 22.9 Å². The van der Waals surface area contributed by atoms with E-state index in [1.165, 1.54) is 26.2 Å². The van der Waals surface area contributed by atoms with Crippen LogP contribution in [0, 0.1) is 0 Å². The summed E-state index contributed by atoms with van der Waals surface area (Å²) in [6.45, 7) is 0.412.